The van der Waals surface area contributed by atoms with E-state index >= 15 is 0 Å². The Kier molecular flexibility index (Phi) is 2.80. The Morgan fingerprint density at radius 1 is 1.47 bits per heavy atom. The molecule has 1 saturated heterocycles. The summed E-state index contributed by atoms with van der Waals surface area (Å²) in [6, 6.07) is 0. The van der Waals surface area contributed by atoms with Crippen molar-refractivity contribution in [1.82, 2.24) is 9.62 Å². The van der Waals surface area contributed by atoms with Crippen LogP contribution in [0.15, 0.2) is 12.2 Å². The number of hydrogen-bond acceptors (Lipinski definition) is 3. The molecule has 1 heterocycles. The van der Waals surface area contributed by atoms with Gasteiger partial charge in [0, 0.05) is 13.1 Å². The van der Waals surface area contributed by atoms with Crippen molar-refractivity contribution >= 4 is 15.9 Å². The fourth-order valence-corrected chi connectivity index (χ4v) is 4.74. The first-order valence-corrected chi connectivity index (χ1v) is 8.38. The molecule has 3 aliphatic rings. The number of carbonyl (C=O) groups is 1. The first-order valence-electron chi connectivity index (χ1n) is 6.73. The third-order valence-corrected chi connectivity index (χ3v) is 6.50. The lowest BCUT2D eigenvalue weighted by Gasteiger charge is -2.31. The zero-order chi connectivity index (χ0) is 13.8. The van der Waals surface area contributed by atoms with Crippen molar-refractivity contribution in [1.29, 1.82) is 0 Å². The van der Waals surface area contributed by atoms with E-state index in [1.807, 2.05) is 0 Å². The van der Waals surface area contributed by atoms with Gasteiger partial charge in [0.2, 0.25) is 15.9 Å². The maximum atomic E-state index is 12.1. The summed E-state index contributed by atoms with van der Waals surface area (Å²) in [5.41, 5.74) is 0.151. The van der Waals surface area contributed by atoms with Crippen LogP contribution in [0.5, 0.6) is 0 Å². The van der Waals surface area contributed by atoms with Crippen LogP contribution in [0.2, 0.25) is 0 Å². The van der Waals surface area contributed by atoms with Crippen molar-refractivity contribution in [2.45, 2.75) is 13.3 Å². The van der Waals surface area contributed by atoms with Crippen molar-refractivity contribution < 1.29 is 13.2 Å². The third-order valence-electron chi connectivity index (χ3n) is 5.25. The van der Waals surface area contributed by atoms with E-state index in [9.17, 15) is 13.2 Å². The number of nitrogens with one attached hydrogen (secondary N) is 1. The number of carbonyl (C=O) groups excluding carboxylic acids is 1. The highest BCUT2D eigenvalue weighted by molar-refractivity contribution is 7.90. The molecule has 0 aromatic heterocycles. The monoisotopic (exact) mass is 284 g/mol. The lowest BCUT2D eigenvalue weighted by molar-refractivity contribution is -0.128. The molecule has 1 N–H and O–H groups in total. The minimum atomic E-state index is -3.47. The standard InChI is InChI=1S/C13H20N2O3S/c1-13-8-15(12(16)7-19(17,18)14-2)6-11(13)9-3-4-10(13)5-9/h3-4,9-11,14H,5-8H2,1-2H3/t9-,10+,11?,13+/m1/s1. The number of amides is 1. The molecule has 0 aromatic rings. The molecule has 3 rings (SSSR count). The maximum Gasteiger partial charge on any atom is 0.239 e. The van der Waals surface area contributed by atoms with Crippen LogP contribution in [0.25, 0.3) is 0 Å². The number of hydrogen-bond donors (Lipinski definition) is 1. The fraction of sp³-hybridized carbons (Fsp3) is 0.769. The number of nitrogens with zero attached hydrogens (tertiary/aromatic N) is 1. The number of fused-ring (bicyclic) bond motifs is 5. The van der Waals surface area contributed by atoms with Crippen molar-refractivity contribution in [3.05, 3.63) is 12.2 Å². The van der Waals surface area contributed by atoms with Gasteiger partial charge in [-0.25, -0.2) is 13.1 Å². The van der Waals surface area contributed by atoms with Gasteiger partial charge in [-0.05, 0) is 36.6 Å². The maximum absolute atomic E-state index is 12.1. The van der Waals surface area contributed by atoms with Gasteiger partial charge in [-0.3, -0.25) is 4.79 Å². The van der Waals surface area contributed by atoms with Gasteiger partial charge in [-0.1, -0.05) is 19.1 Å². The van der Waals surface area contributed by atoms with E-state index in [1.165, 1.54) is 13.5 Å². The molecule has 1 unspecified atom stereocenters. The smallest absolute Gasteiger partial charge is 0.239 e. The fourth-order valence-electron chi connectivity index (χ4n) is 4.09. The van der Waals surface area contributed by atoms with Crippen molar-refractivity contribution in [3.63, 3.8) is 0 Å². The summed E-state index contributed by atoms with van der Waals surface area (Å²) < 4.78 is 25.1. The van der Waals surface area contributed by atoms with Crippen LogP contribution in [0.3, 0.4) is 0 Å². The van der Waals surface area contributed by atoms with Gasteiger partial charge in [-0.15, -0.1) is 0 Å². The Morgan fingerprint density at radius 3 is 2.84 bits per heavy atom. The molecule has 5 nitrogen and oxygen atoms in total. The van der Waals surface area contributed by atoms with Crippen LogP contribution in [0.4, 0.5) is 0 Å². The van der Waals surface area contributed by atoms with E-state index in [4.69, 9.17) is 0 Å². The van der Waals surface area contributed by atoms with Crippen LogP contribution < -0.4 is 4.72 Å². The van der Waals surface area contributed by atoms with Crippen LogP contribution in [0, 0.1) is 23.2 Å². The zero-order valence-corrected chi connectivity index (χ0v) is 12.1. The van der Waals surface area contributed by atoms with Gasteiger partial charge < -0.3 is 4.90 Å². The Balaban J connectivity index is 1.73. The lowest BCUT2D eigenvalue weighted by atomic mass is 9.72. The molecular weight excluding hydrogens is 264 g/mol. The summed E-state index contributed by atoms with van der Waals surface area (Å²) >= 11 is 0. The molecule has 2 fully saturated rings. The second-order valence-electron chi connectivity index (χ2n) is 6.24. The topological polar surface area (TPSA) is 66.5 Å². The summed E-state index contributed by atoms with van der Waals surface area (Å²) in [4.78, 5) is 13.9. The predicted molar refractivity (Wildman–Crippen MR) is 71.8 cm³/mol. The Morgan fingerprint density at radius 2 is 2.21 bits per heavy atom. The largest absolute Gasteiger partial charge is 0.341 e. The van der Waals surface area contributed by atoms with Gasteiger partial charge in [0.05, 0.1) is 0 Å². The minimum Gasteiger partial charge on any atom is -0.341 e. The van der Waals surface area contributed by atoms with Crippen LogP contribution >= 0.6 is 0 Å². The molecule has 19 heavy (non-hydrogen) atoms. The number of sulfonamides is 1. The third kappa shape index (κ3) is 1.92. The van der Waals surface area contributed by atoms with Crippen molar-refractivity contribution in [2.75, 3.05) is 25.9 Å². The number of rotatable bonds is 3. The van der Waals surface area contributed by atoms with E-state index in [0.29, 0.717) is 30.8 Å². The quantitative estimate of drug-likeness (QED) is 0.753. The van der Waals surface area contributed by atoms with Crippen LogP contribution in [-0.4, -0.2) is 45.1 Å². The van der Waals surface area contributed by atoms with E-state index in [1.54, 1.807) is 4.90 Å². The molecular formula is C13H20N2O3S. The molecule has 2 aliphatic carbocycles. The highest BCUT2D eigenvalue weighted by atomic mass is 32.2. The van der Waals surface area contributed by atoms with E-state index in [-0.39, 0.29) is 11.3 Å². The predicted octanol–water partition coefficient (Wildman–Crippen LogP) is 0.206. The van der Waals surface area contributed by atoms with Crippen LogP contribution in [0.1, 0.15) is 13.3 Å². The van der Waals surface area contributed by atoms with E-state index in [2.05, 4.69) is 23.8 Å². The first-order chi connectivity index (χ1) is 8.86. The van der Waals surface area contributed by atoms with Gasteiger partial charge >= 0.3 is 0 Å². The highest BCUT2D eigenvalue weighted by Gasteiger charge is 2.58. The van der Waals surface area contributed by atoms with Crippen LogP contribution in [-0.2, 0) is 14.8 Å². The lowest BCUT2D eigenvalue weighted by Crippen LogP contribution is -2.39. The molecule has 1 saturated carbocycles. The molecule has 6 heteroatoms. The van der Waals surface area contributed by atoms with Crippen molar-refractivity contribution in [3.8, 4) is 0 Å². The van der Waals surface area contributed by atoms with E-state index < -0.39 is 15.8 Å². The highest BCUT2D eigenvalue weighted by Crippen LogP contribution is 2.59. The summed E-state index contributed by atoms with van der Waals surface area (Å²) in [6.07, 6.45) is 5.76. The second-order valence-corrected chi connectivity index (χ2v) is 8.17. The van der Waals surface area contributed by atoms with Gasteiger partial charge in [0.15, 0.2) is 0 Å². The zero-order valence-electron chi connectivity index (χ0n) is 11.3. The molecule has 1 aliphatic heterocycles. The molecule has 4 atom stereocenters. The molecule has 106 valence electrons. The molecule has 2 bridgehead atoms. The Labute approximate surface area is 114 Å². The molecule has 1 amide bonds. The normalized spacial score (nSPS) is 39.9. The SMILES string of the molecule is CNS(=O)(=O)CC(=O)N1CC2[C@@H]3C=C[C@@H](C3)[C@]2(C)C1. The van der Waals surface area contributed by atoms with Gasteiger partial charge in [-0.2, -0.15) is 0 Å². The minimum absolute atomic E-state index is 0.151. The van der Waals surface area contributed by atoms with E-state index in [0.717, 1.165) is 0 Å². The average molecular weight is 284 g/mol. The Bertz CT molecular complexity index is 542. The molecule has 0 radical (unpaired) electrons. The van der Waals surface area contributed by atoms with Gasteiger partial charge in [0.25, 0.3) is 0 Å². The number of likely N-dealkylation sites (tertiary alicyclic amines) is 1. The molecule has 0 aromatic carbocycles. The second kappa shape index (κ2) is 4.06. The average Bonchev–Trinajstić information content (AvgIpc) is 2.97. The van der Waals surface area contributed by atoms with Gasteiger partial charge in [0.1, 0.15) is 5.75 Å². The first kappa shape index (κ1) is 13.1. The summed E-state index contributed by atoms with van der Waals surface area (Å²) in [5.74, 6) is 0.928. The summed E-state index contributed by atoms with van der Waals surface area (Å²) in [5, 5.41) is 0. The summed E-state index contributed by atoms with van der Waals surface area (Å²) in [6.45, 7) is 3.65. The summed E-state index contributed by atoms with van der Waals surface area (Å²) in [7, 11) is -2.13. The van der Waals surface area contributed by atoms with Crippen molar-refractivity contribution in [2.24, 2.45) is 23.2 Å². The number of allylic oxidation sites excluding steroid dienone is 2. The Hall–Kier alpha value is -0.880. The molecule has 0 spiro atoms.